The molecule has 1 aromatic rings. The second-order valence-electron chi connectivity index (χ2n) is 4.40. The monoisotopic (exact) mass is 220 g/mol. The number of benzene rings is 1. The van der Waals surface area contributed by atoms with Crippen LogP contribution >= 0.6 is 0 Å². The van der Waals surface area contributed by atoms with E-state index in [0.29, 0.717) is 0 Å². The normalized spacial score (nSPS) is 23.6. The summed E-state index contributed by atoms with van der Waals surface area (Å²) in [4.78, 5) is 11.3. The highest BCUT2D eigenvalue weighted by molar-refractivity contribution is 5.77. The zero-order valence-electron chi connectivity index (χ0n) is 9.56. The highest BCUT2D eigenvalue weighted by atomic mass is 16.5. The summed E-state index contributed by atoms with van der Waals surface area (Å²) < 4.78 is 5.16. The third-order valence-electron chi connectivity index (χ3n) is 3.39. The fourth-order valence-corrected chi connectivity index (χ4v) is 2.46. The summed E-state index contributed by atoms with van der Waals surface area (Å²) in [6.45, 7) is 2.01. The number of aryl methyl sites for hydroxylation is 1. The summed E-state index contributed by atoms with van der Waals surface area (Å²) in [6, 6.07) is 5.69. The molecule has 0 bridgehead atoms. The standard InChI is InChI=1S/C13H16O3/c1-8-3-4-9-7-10(16-2)5-6-11(9)12(8)13(14)15/h5-8,12H,3-4H2,1-2H3,(H,14,15). The van der Waals surface area contributed by atoms with Gasteiger partial charge in [0.05, 0.1) is 13.0 Å². The molecule has 3 heteroatoms. The second kappa shape index (κ2) is 4.16. The lowest BCUT2D eigenvalue weighted by molar-refractivity contribution is -0.140. The molecule has 0 heterocycles. The van der Waals surface area contributed by atoms with Crippen LogP contribution in [-0.4, -0.2) is 18.2 Å². The summed E-state index contributed by atoms with van der Waals surface area (Å²) in [5.41, 5.74) is 2.07. The van der Waals surface area contributed by atoms with Crippen molar-refractivity contribution < 1.29 is 14.6 Å². The number of rotatable bonds is 2. The van der Waals surface area contributed by atoms with Gasteiger partial charge in [0.25, 0.3) is 0 Å². The molecule has 16 heavy (non-hydrogen) atoms. The van der Waals surface area contributed by atoms with Crippen molar-refractivity contribution >= 4 is 5.97 Å². The van der Waals surface area contributed by atoms with Crippen molar-refractivity contribution in [1.82, 2.24) is 0 Å². The van der Waals surface area contributed by atoms with E-state index in [0.717, 1.165) is 29.7 Å². The minimum atomic E-state index is -0.724. The topological polar surface area (TPSA) is 46.5 Å². The maximum atomic E-state index is 11.3. The van der Waals surface area contributed by atoms with E-state index in [9.17, 15) is 9.90 Å². The first kappa shape index (κ1) is 11.0. The molecule has 0 spiro atoms. The molecule has 1 aliphatic carbocycles. The summed E-state index contributed by atoms with van der Waals surface area (Å²) in [5.74, 6) is -0.0795. The quantitative estimate of drug-likeness (QED) is 0.832. The van der Waals surface area contributed by atoms with E-state index in [-0.39, 0.29) is 11.8 Å². The van der Waals surface area contributed by atoms with Gasteiger partial charge in [-0.3, -0.25) is 4.79 Å². The number of methoxy groups -OCH3 is 1. The Balaban J connectivity index is 2.44. The molecule has 0 amide bonds. The first-order valence-electron chi connectivity index (χ1n) is 5.53. The van der Waals surface area contributed by atoms with Crippen LogP contribution in [0.15, 0.2) is 18.2 Å². The van der Waals surface area contributed by atoms with Gasteiger partial charge >= 0.3 is 5.97 Å². The second-order valence-corrected chi connectivity index (χ2v) is 4.40. The summed E-state index contributed by atoms with van der Waals surface area (Å²) in [5, 5.41) is 9.25. The van der Waals surface area contributed by atoms with Crippen molar-refractivity contribution in [3.05, 3.63) is 29.3 Å². The predicted octanol–water partition coefficient (Wildman–Crippen LogP) is 2.45. The third-order valence-corrected chi connectivity index (χ3v) is 3.39. The van der Waals surface area contributed by atoms with Crippen LogP contribution in [0.3, 0.4) is 0 Å². The van der Waals surface area contributed by atoms with E-state index < -0.39 is 5.97 Å². The highest BCUT2D eigenvalue weighted by Crippen LogP contribution is 2.37. The number of carbonyl (C=O) groups is 1. The van der Waals surface area contributed by atoms with Gasteiger partial charge in [0.2, 0.25) is 0 Å². The first-order chi connectivity index (χ1) is 7.63. The Bertz CT molecular complexity index is 412. The molecule has 2 atom stereocenters. The average molecular weight is 220 g/mol. The van der Waals surface area contributed by atoms with E-state index >= 15 is 0 Å². The molecule has 2 unspecified atom stereocenters. The molecule has 2 rings (SSSR count). The number of hydrogen-bond acceptors (Lipinski definition) is 2. The predicted molar refractivity (Wildman–Crippen MR) is 60.9 cm³/mol. The Kier molecular flexibility index (Phi) is 2.86. The van der Waals surface area contributed by atoms with E-state index in [2.05, 4.69) is 0 Å². The zero-order valence-corrected chi connectivity index (χ0v) is 9.56. The van der Waals surface area contributed by atoms with Crippen LogP contribution in [0.1, 0.15) is 30.4 Å². The van der Waals surface area contributed by atoms with Gasteiger partial charge in [0.1, 0.15) is 5.75 Å². The van der Waals surface area contributed by atoms with Gasteiger partial charge < -0.3 is 9.84 Å². The number of fused-ring (bicyclic) bond motifs is 1. The van der Waals surface area contributed by atoms with Crippen LogP contribution in [-0.2, 0) is 11.2 Å². The fourth-order valence-electron chi connectivity index (χ4n) is 2.46. The lowest BCUT2D eigenvalue weighted by atomic mass is 9.76. The van der Waals surface area contributed by atoms with E-state index in [1.165, 1.54) is 0 Å². The van der Waals surface area contributed by atoms with Gasteiger partial charge in [-0.1, -0.05) is 13.0 Å². The van der Waals surface area contributed by atoms with Gasteiger partial charge in [-0.15, -0.1) is 0 Å². The van der Waals surface area contributed by atoms with E-state index in [4.69, 9.17) is 4.74 Å². The minimum Gasteiger partial charge on any atom is -0.497 e. The number of hydrogen-bond donors (Lipinski definition) is 1. The molecule has 1 aliphatic rings. The third kappa shape index (κ3) is 1.77. The van der Waals surface area contributed by atoms with Gasteiger partial charge in [0.15, 0.2) is 0 Å². The van der Waals surface area contributed by atoms with Crippen molar-refractivity contribution in [2.75, 3.05) is 7.11 Å². The molecule has 0 aromatic heterocycles. The molecule has 0 aliphatic heterocycles. The summed E-state index contributed by atoms with van der Waals surface area (Å²) >= 11 is 0. The Morgan fingerprint density at radius 1 is 1.50 bits per heavy atom. The van der Waals surface area contributed by atoms with Gasteiger partial charge in [-0.05, 0) is 42.0 Å². The number of ether oxygens (including phenoxy) is 1. The smallest absolute Gasteiger partial charge is 0.311 e. The molecule has 1 aromatic carbocycles. The SMILES string of the molecule is COc1ccc2c(c1)CCC(C)C2C(=O)O. The summed E-state index contributed by atoms with van der Waals surface area (Å²) in [7, 11) is 1.63. The van der Waals surface area contributed by atoms with Gasteiger partial charge in [-0.25, -0.2) is 0 Å². The van der Waals surface area contributed by atoms with Crippen LogP contribution in [0.2, 0.25) is 0 Å². The molecular weight excluding hydrogens is 204 g/mol. The number of aliphatic carboxylic acids is 1. The highest BCUT2D eigenvalue weighted by Gasteiger charge is 2.32. The van der Waals surface area contributed by atoms with Crippen molar-refractivity contribution in [3.63, 3.8) is 0 Å². The Morgan fingerprint density at radius 3 is 2.88 bits per heavy atom. The Labute approximate surface area is 95.0 Å². The maximum Gasteiger partial charge on any atom is 0.311 e. The average Bonchev–Trinajstić information content (AvgIpc) is 2.27. The molecular formula is C13H16O3. The molecule has 0 fully saturated rings. The molecule has 1 N–H and O–H groups in total. The van der Waals surface area contributed by atoms with Gasteiger partial charge in [0, 0.05) is 0 Å². The van der Waals surface area contributed by atoms with Crippen LogP contribution in [0.5, 0.6) is 5.75 Å². The van der Waals surface area contributed by atoms with Crippen LogP contribution in [0.4, 0.5) is 0 Å². The van der Waals surface area contributed by atoms with E-state index in [1.807, 2.05) is 25.1 Å². The minimum absolute atomic E-state index is 0.207. The maximum absolute atomic E-state index is 11.3. The van der Waals surface area contributed by atoms with Crippen LogP contribution in [0, 0.1) is 5.92 Å². The largest absolute Gasteiger partial charge is 0.497 e. The van der Waals surface area contributed by atoms with Crippen LogP contribution in [0.25, 0.3) is 0 Å². The molecule has 0 radical (unpaired) electrons. The molecule has 86 valence electrons. The molecule has 0 saturated heterocycles. The number of carboxylic acids is 1. The Hall–Kier alpha value is -1.51. The molecule has 0 saturated carbocycles. The lowest BCUT2D eigenvalue weighted by Gasteiger charge is -2.28. The first-order valence-corrected chi connectivity index (χ1v) is 5.53. The van der Waals surface area contributed by atoms with Gasteiger partial charge in [-0.2, -0.15) is 0 Å². The zero-order chi connectivity index (χ0) is 11.7. The molecule has 3 nitrogen and oxygen atoms in total. The number of carboxylic acid groups (broad SMARTS) is 1. The van der Waals surface area contributed by atoms with Crippen molar-refractivity contribution in [2.45, 2.75) is 25.7 Å². The van der Waals surface area contributed by atoms with Crippen molar-refractivity contribution in [1.29, 1.82) is 0 Å². The van der Waals surface area contributed by atoms with Crippen LogP contribution < -0.4 is 4.74 Å². The van der Waals surface area contributed by atoms with E-state index in [1.54, 1.807) is 7.11 Å². The lowest BCUT2D eigenvalue weighted by Crippen LogP contribution is -2.25. The van der Waals surface area contributed by atoms with Crippen molar-refractivity contribution in [2.24, 2.45) is 5.92 Å². The fraction of sp³-hybridized carbons (Fsp3) is 0.462. The Morgan fingerprint density at radius 2 is 2.25 bits per heavy atom. The summed E-state index contributed by atoms with van der Waals surface area (Å²) in [6.07, 6.45) is 1.87. The van der Waals surface area contributed by atoms with Crippen molar-refractivity contribution in [3.8, 4) is 5.75 Å².